The van der Waals surface area contributed by atoms with E-state index in [0.717, 1.165) is 29.7 Å². The topological polar surface area (TPSA) is 62.5 Å². The van der Waals surface area contributed by atoms with Crippen molar-refractivity contribution in [3.05, 3.63) is 22.5 Å². The molecule has 1 unspecified atom stereocenters. The summed E-state index contributed by atoms with van der Waals surface area (Å²) in [6, 6.07) is 0. The molecule has 82 valence electrons. The van der Waals surface area contributed by atoms with Crippen molar-refractivity contribution in [2.45, 2.75) is 32.3 Å². The molecule has 1 atom stereocenters. The molecule has 0 aromatic carbocycles. The Balaban J connectivity index is 2.58. The number of carboxylic acid groups (broad SMARTS) is 1. The van der Waals surface area contributed by atoms with E-state index in [1.165, 1.54) is 0 Å². The van der Waals surface area contributed by atoms with Gasteiger partial charge in [-0.1, -0.05) is 0 Å². The summed E-state index contributed by atoms with van der Waals surface area (Å²) in [5.41, 5.74) is 3.25. The Hall–Kier alpha value is -1.29. The Morgan fingerprint density at radius 3 is 2.80 bits per heavy atom. The fourth-order valence-corrected chi connectivity index (χ4v) is 2.48. The summed E-state index contributed by atoms with van der Waals surface area (Å²) in [6.07, 6.45) is 1.76. The number of rotatable bonds is 1. The molecule has 4 nitrogen and oxygen atoms in total. The number of nitrogens with zero attached hydrogens (tertiary/aromatic N) is 1. The first-order chi connectivity index (χ1) is 7.02. The summed E-state index contributed by atoms with van der Waals surface area (Å²) in [7, 11) is 1.78. The summed E-state index contributed by atoms with van der Waals surface area (Å²) < 4.78 is 1.75. The number of aliphatic hydroxyl groups is 1. The van der Waals surface area contributed by atoms with Crippen LogP contribution in [0.2, 0.25) is 0 Å². The molecule has 2 rings (SSSR count). The Morgan fingerprint density at radius 2 is 2.20 bits per heavy atom. The van der Waals surface area contributed by atoms with Crippen molar-refractivity contribution in [3.8, 4) is 0 Å². The van der Waals surface area contributed by atoms with Crippen LogP contribution in [0, 0.1) is 6.92 Å². The molecular formula is C11H15NO3. The minimum Gasteiger partial charge on any atom is -0.477 e. The van der Waals surface area contributed by atoms with E-state index in [-0.39, 0.29) is 6.10 Å². The maximum absolute atomic E-state index is 11.1. The highest BCUT2D eigenvalue weighted by Gasteiger charge is 2.26. The van der Waals surface area contributed by atoms with Gasteiger partial charge >= 0.3 is 5.97 Å². The molecule has 0 saturated carbocycles. The molecule has 1 aliphatic carbocycles. The van der Waals surface area contributed by atoms with Gasteiger partial charge in [0.1, 0.15) is 5.69 Å². The van der Waals surface area contributed by atoms with E-state index < -0.39 is 5.97 Å². The maximum atomic E-state index is 11.1. The quantitative estimate of drug-likeness (QED) is 0.721. The third-order valence-corrected chi connectivity index (χ3v) is 3.25. The molecule has 4 heteroatoms. The zero-order valence-corrected chi connectivity index (χ0v) is 8.95. The standard InChI is InChI=1S/C11H15NO3/c1-6-8-5-7(13)3-4-9(8)12(2)10(6)11(14)15/h7,13H,3-5H2,1-2H3,(H,14,15). The lowest BCUT2D eigenvalue weighted by Gasteiger charge is -2.19. The van der Waals surface area contributed by atoms with E-state index in [9.17, 15) is 9.90 Å². The van der Waals surface area contributed by atoms with Gasteiger partial charge < -0.3 is 14.8 Å². The fourth-order valence-electron chi connectivity index (χ4n) is 2.48. The number of aromatic nitrogens is 1. The van der Waals surface area contributed by atoms with Crippen molar-refractivity contribution < 1.29 is 15.0 Å². The van der Waals surface area contributed by atoms with E-state index in [0.29, 0.717) is 12.1 Å². The van der Waals surface area contributed by atoms with Gasteiger partial charge in [0.05, 0.1) is 6.10 Å². The number of aromatic carboxylic acids is 1. The molecule has 0 amide bonds. The Labute approximate surface area is 88.1 Å². The second-order valence-electron chi connectivity index (χ2n) is 4.16. The first-order valence-electron chi connectivity index (χ1n) is 5.10. The van der Waals surface area contributed by atoms with Crippen molar-refractivity contribution in [2.75, 3.05) is 0 Å². The Bertz CT molecular complexity index is 420. The van der Waals surface area contributed by atoms with Crippen LogP contribution in [0.15, 0.2) is 0 Å². The first kappa shape index (κ1) is 10.2. The van der Waals surface area contributed by atoms with Crippen LogP contribution in [0.4, 0.5) is 0 Å². The van der Waals surface area contributed by atoms with Gasteiger partial charge in [-0.2, -0.15) is 0 Å². The van der Waals surface area contributed by atoms with Gasteiger partial charge in [0.2, 0.25) is 0 Å². The number of carboxylic acids is 1. The smallest absolute Gasteiger partial charge is 0.352 e. The molecule has 0 radical (unpaired) electrons. The van der Waals surface area contributed by atoms with E-state index in [4.69, 9.17) is 5.11 Å². The lowest BCUT2D eigenvalue weighted by molar-refractivity contribution is 0.0685. The summed E-state index contributed by atoms with van der Waals surface area (Å²) in [6.45, 7) is 1.82. The van der Waals surface area contributed by atoms with E-state index >= 15 is 0 Å². The molecule has 1 aromatic rings. The molecule has 0 aliphatic heterocycles. The minimum absolute atomic E-state index is 0.319. The highest BCUT2D eigenvalue weighted by atomic mass is 16.4. The summed E-state index contributed by atoms with van der Waals surface area (Å²) in [4.78, 5) is 11.1. The van der Waals surface area contributed by atoms with Gasteiger partial charge in [0.15, 0.2) is 0 Å². The predicted molar refractivity (Wildman–Crippen MR) is 55.1 cm³/mol. The van der Waals surface area contributed by atoms with Gasteiger partial charge in [-0.05, 0) is 30.9 Å². The maximum Gasteiger partial charge on any atom is 0.352 e. The van der Waals surface area contributed by atoms with Gasteiger partial charge in [0.25, 0.3) is 0 Å². The van der Waals surface area contributed by atoms with Crippen molar-refractivity contribution in [2.24, 2.45) is 7.05 Å². The normalized spacial score (nSPS) is 20.1. The summed E-state index contributed by atoms with van der Waals surface area (Å²) in [5.74, 6) is -0.890. The lowest BCUT2D eigenvalue weighted by Crippen LogP contribution is -2.19. The van der Waals surface area contributed by atoms with Crippen LogP contribution in [-0.4, -0.2) is 26.9 Å². The largest absolute Gasteiger partial charge is 0.477 e. The predicted octanol–water partition coefficient (Wildman–Crippen LogP) is 0.881. The lowest BCUT2D eigenvalue weighted by atomic mass is 9.93. The molecule has 15 heavy (non-hydrogen) atoms. The SMILES string of the molecule is Cc1c2c(n(C)c1C(=O)O)CCC(O)C2. The average Bonchev–Trinajstić information content (AvgIpc) is 2.39. The Kier molecular flexibility index (Phi) is 2.31. The van der Waals surface area contributed by atoms with Gasteiger partial charge in [-0.15, -0.1) is 0 Å². The zero-order valence-electron chi connectivity index (χ0n) is 8.95. The van der Waals surface area contributed by atoms with E-state index in [2.05, 4.69) is 0 Å². The van der Waals surface area contributed by atoms with Crippen LogP contribution in [-0.2, 0) is 19.9 Å². The third kappa shape index (κ3) is 1.45. The molecule has 0 saturated heterocycles. The second kappa shape index (κ2) is 3.38. The highest BCUT2D eigenvalue weighted by molar-refractivity contribution is 5.88. The van der Waals surface area contributed by atoms with Crippen molar-refractivity contribution >= 4 is 5.97 Å². The molecular weight excluding hydrogens is 194 g/mol. The van der Waals surface area contributed by atoms with Crippen molar-refractivity contribution in [1.82, 2.24) is 4.57 Å². The molecule has 1 heterocycles. The Morgan fingerprint density at radius 1 is 1.53 bits per heavy atom. The van der Waals surface area contributed by atoms with Crippen LogP contribution >= 0.6 is 0 Å². The number of carbonyl (C=O) groups is 1. The summed E-state index contributed by atoms with van der Waals surface area (Å²) >= 11 is 0. The first-order valence-corrected chi connectivity index (χ1v) is 5.10. The highest BCUT2D eigenvalue weighted by Crippen LogP contribution is 2.28. The van der Waals surface area contributed by atoms with Gasteiger partial charge in [-0.3, -0.25) is 0 Å². The number of aliphatic hydroxyl groups excluding tert-OH is 1. The van der Waals surface area contributed by atoms with Crippen LogP contribution < -0.4 is 0 Å². The van der Waals surface area contributed by atoms with E-state index in [1.54, 1.807) is 11.6 Å². The van der Waals surface area contributed by atoms with Gasteiger partial charge in [-0.25, -0.2) is 4.79 Å². The molecule has 1 aliphatic rings. The van der Waals surface area contributed by atoms with Gasteiger partial charge in [0, 0.05) is 19.2 Å². The van der Waals surface area contributed by atoms with Crippen molar-refractivity contribution in [3.63, 3.8) is 0 Å². The summed E-state index contributed by atoms with van der Waals surface area (Å²) in [5, 5.41) is 18.6. The number of hydrogen-bond acceptors (Lipinski definition) is 2. The van der Waals surface area contributed by atoms with Crippen LogP contribution in [0.5, 0.6) is 0 Å². The average molecular weight is 209 g/mol. The minimum atomic E-state index is -0.890. The van der Waals surface area contributed by atoms with Crippen LogP contribution in [0.3, 0.4) is 0 Å². The van der Waals surface area contributed by atoms with Crippen molar-refractivity contribution in [1.29, 1.82) is 0 Å². The molecule has 0 fully saturated rings. The third-order valence-electron chi connectivity index (χ3n) is 3.25. The van der Waals surface area contributed by atoms with E-state index in [1.807, 2.05) is 6.92 Å². The fraction of sp³-hybridized carbons (Fsp3) is 0.545. The molecule has 1 aromatic heterocycles. The molecule has 0 bridgehead atoms. The number of hydrogen-bond donors (Lipinski definition) is 2. The zero-order chi connectivity index (χ0) is 11.2. The van der Waals surface area contributed by atoms with Crippen LogP contribution in [0.1, 0.15) is 33.7 Å². The molecule has 0 spiro atoms. The molecule has 2 N–H and O–H groups in total. The monoisotopic (exact) mass is 209 g/mol. The number of fused-ring (bicyclic) bond motifs is 1. The van der Waals surface area contributed by atoms with Crippen LogP contribution in [0.25, 0.3) is 0 Å². The second-order valence-corrected chi connectivity index (χ2v) is 4.16.